The van der Waals surface area contributed by atoms with Gasteiger partial charge in [-0.05, 0) is 54.5 Å². The van der Waals surface area contributed by atoms with Gasteiger partial charge in [-0.25, -0.2) is 0 Å². The van der Waals surface area contributed by atoms with Gasteiger partial charge in [0, 0.05) is 11.6 Å². The van der Waals surface area contributed by atoms with E-state index in [2.05, 4.69) is 0 Å². The van der Waals surface area contributed by atoms with E-state index in [0.717, 1.165) is 5.56 Å². The number of methoxy groups -OCH3 is 4. The van der Waals surface area contributed by atoms with Crippen LogP contribution in [0.5, 0.6) is 34.5 Å². The van der Waals surface area contributed by atoms with Crippen molar-refractivity contribution >= 4 is 17.8 Å². The first kappa shape index (κ1) is 24.7. The maximum absolute atomic E-state index is 13.1. The lowest BCUT2D eigenvalue weighted by molar-refractivity contribution is -0.133. The average Bonchev–Trinajstić information content (AvgIpc) is 3.18. The molecule has 1 aliphatic heterocycles. The zero-order chi connectivity index (χ0) is 25.8. The number of allylic oxidation sites excluding steroid dienone is 1. The molecule has 8 nitrogen and oxygen atoms in total. The first-order valence-electron chi connectivity index (χ1n) is 11.1. The first-order chi connectivity index (χ1) is 17.4. The Morgan fingerprint density at radius 3 is 2.22 bits per heavy atom. The molecule has 36 heavy (non-hydrogen) atoms. The highest BCUT2D eigenvalue weighted by molar-refractivity contribution is 6.15. The van der Waals surface area contributed by atoms with Gasteiger partial charge < -0.3 is 28.4 Å². The van der Waals surface area contributed by atoms with Gasteiger partial charge in [-0.15, -0.1) is 0 Å². The molecule has 4 rings (SSSR count). The van der Waals surface area contributed by atoms with Gasteiger partial charge in [0.25, 0.3) is 0 Å². The minimum absolute atomic E-state index is 0.0875. The summed E-state index contributed by atoms with van der Waals surface area (Å²) in [5.74, 6) is 2.01. The predicted octanol–water partition coefficient (Wildman–Crippen LogP) is 4.79. The number of fused-ring (bicyclic) bond motifs is 1. The summed E-state index contributed by atoms with van der Waals surface area (Å²) in [7, 11) is 6.12. The highest BCUT2D eigenvalue weighted by atomic mass is 16.5. The van der Waals surface area contributed by atoms with E-state index < -0.39 is 5.97 Å². The topological polar surface area (TPSA) is 89.5 Å². The minimum Gasteiger partial charge on any atom is -0.497 e. The molecule has 0 aromatic heterocycles. The number of ether oxygens (including phenoxy) is 6. The van der Waals surface area contributed by atoms with E-state index in [0.29, 0.717) is 51.2 Å². The molecule has 1 aliphatic rings. The zero-order valence-electron chi connectivity index (χ0n) is 20.7. The molecule has 0 N–H and O–H groups in total. The summed E-state index contributed by atoms with van der Waals surface area (Å²) in [5.41, 5.74) is 2.41. The SMILES string of the molecule is COc1ccc(CC(=O)Oc2cc(C)c3c(c2)O/C(=C\c2ccc(OC)c(OC)c2OC)C3=O)cc1. The van der Waals surface area contributed by atoms with Crippen molar-refractivity contribution in [1.82, 2.24) is 0 Å². The summed E-state index contributed by atoms with van der Waals surface area (Å²) in [6.07, 6.45) is 1.67. The largest absolute Gasteiger partial charge is 0.497 e. The molecule has 0 spiro atoms. The molecule has 0 saturated heterocycles. The lowest BCUT2D eigenvalue weighted by atomic mass is 10.0. The number of rotatable bonds is 8. The van der Waals surface area contributed by atoms with E-state index in [1.54, 1.807) is 68.6 Å². The third-order valence-corrected chi connectivity index (χ3v) is 5.70. The molecule has 8 heteroatoms. The standard InChI is InChI=1S/C28H26O8/c1-16-12-20(35-24(29)13-17-6-9-19(31-2)10-7-17)15-22-25(16)26(30)23(36-22)14-18-8-11-21(32-3)28(34-5)27(18)33-4/h6-12,14-15H,13H2,1-5H3/b23-14-. The highest BCUT2D eigenvalue weighted by Crippen LogP contribution is 2.42. The third kappa shape index (κ3) is 4.84. The molecule has 0 saturated carbocycles. The Bertz CT molecular complexity index is 1340. The van der Waals surface area contributed by atoms with Gasteiger partial charge in [0.1, 0.15) is 17.2 Å². The van der Waals surface area contributed by atoms with Crippen molar-refractivity contribution in [3.05, 3.63) is 76.5 Å². The summed E-state index contributed by atoms with van der Waals surface area (Å²) in [6.45, 7) is 1.76. The third-order valence-electron chi connectivity index (χ3n) is 5.70. The molecular weight excluding hydrogens is 464 g/mol. The molecule has 0 bridgehead atoms. The van der Waals surface area contributed by atoms with Crippen LogP contribution in [0.4, 0.5) is 0 Å². The number of carbonyl (C=O) groups is 2. The van der Waals surface area contributed by atoms with Crippen LogP contribution in [-0.2, 0) is 11.2 Å². The lowest BCUT2D eigenvalue weighted by Crippen LogP contribution is -2.11. The Hall–Kier alpha value is -4.46. The average molecular weight is 491 g/mol. The number of benzene rings is 3. The molecule has 0 radical (unpaired) electrons. The molecule has 0 unspecified atom stereocenters. The van der Waals surface area contributed by atoms with Gasteiger partial charge >= 0.3 is 5.97 Å². The van der Waals surface area contributed by atoms with Crippen molar-refractivity contribution < 1.29 is 38.0 Å². The van der Waals surface area contributed by atoms with E-state index in [9.17, 15) is 9.59 Å². The molecule has 3 aromatic carbocycles. The van der Waals surface area contributed by atoms with Crippen LogP contribution in [0.2, 0.25) is 0 Å². The van der Waals surface area contributed by atoms with Crippen LogP contribution in [0.3, 0.4) is 0 Å². The number of hydrogen-bond donors (Lipinski definition) is 0. The Morgan fingerprint density at radius 1 is 0.861 bits per heavy atom. The van der Waals surface area contributed by atoms with Crippen LogP contribution >= 0.6 is 0 Å². The number of Topliss-reactive ketones (excluding diaryl/α,β-unsaturated/α-hetero) is 1. The van der Waals surface area contributed by atoms with Crippen LogP contribution in [0.25, 0.3) is 6.08 Å². The summed E-state index contributed by atoms with van der Waals surface area (Å²) < 4.78 is 32.8. The Labute approximate surface area is 209 Å². The van der Waals surface area contributed by atoms with Crippen molar-refractivity contribution in [1.29, 1.82) is 0 Å². The van der Waals surface area contributed by atoms with Crippen LogP contribution < -0.4 is 28.4 Å². The first-order valence-corrected chi connectivity index (χ1v) is 11.1. The molecule has 0 amide bonds. The number of ketones is 1. The number of aryl methyl sites for hydroxylation is 1. The summed E-state index contributed by atoms with van der Waals surface area (Å²) in [5, 5.41) is 0. The Balaban J connectivity index is 1.56. The quantitative estimate of drug-likeness (QED) is 0.253. The highest BCUT2D eigenvalue weighted by Gasteiger charge is 2.31. The van der Waals surface area contributed by atoms with Crippen LogP contribution in [0.1, 0.15) is 27.0 Å². The normalized spacial score (nSPS) is 13.1. The van der Waals surface area contributed by atoms with Crippen LogP contribution in [0.15, 0.2) is 54.3 Å². The zero-order valence-corrected chi connectivity index (χ0v) is 20.7. The minimum atomic E-state index is -0.435. The smallest absolute Gasteiger partial charge is 0.315 e. The van der Waals surface area contributed by atoms with Gasteiger partial charge in [-0.3, -0.25) is 9.59 Å². The molecule has 1 heterocycles. The van der Waals surface area contributed by atoms with Crippen molar-refractivity contribution in [2.24, 2.45) is 0 Å². The van der Waals surface area contributed by atoms with E-state index >= 15 is 0 Å². The van der Waals surface area contributed by atoms with Gasteiger partial charge in [-0.2, -0.15) is 0 Å². The fourth-order valence-corrected chi connectivity index (χ4v) is 3.99. The Morgan fingerprint density at radius 2 is 1.58 bits per heavy atom. The van der Waals surface area contributed by atoms with E-state index in [1.165, 1.54) is 21.3 Å². The Kier molecular flexibility index (Phi) is 7.15. The molecule has 186 valence electrons. The maximum Gasteiger partial charge on any atom is 0.315 e. The van der Waals surface area contributed by atoms with Crippen molar-refractivity contribution in [2.45, 2.75) is 13.3 Å². The monoisotopic (exact) mass is 490 g/mol. The fourth-order valence-electron chi connectivity index (χ4n) is 3.99. The van der Waals surface area contributed by atoms with Crippen molar-refractivity contribution in [3.63, 3.8) is 0 Å². The maximum atomic E-state index is 13.1. The van der Waals surface area contributed by atoms with Gasteiger partial charge in [0.05, 0.1) is 40.4 Å². The van der Waals surface area contributed by atoms with Crippen molar-refractivity contribution in [3.8, 4) is 34.5 Å². The second-order valence-corrected chi connectivity index (χ2v) is 7.98. The van der Waals surface area contributed by atoms with Gasteiger partial charge in [0.15, 0.2) is 17.3 Å². The molecule has 0 atom stereocenters. The second kappa shape index (κ2) is 10.4. The molecule has 0 aliphatic carbocycles. The fraction of sp³-hybridized carbons (Fsp3) is 0.214. The van der Waals surface area contributed by atoms with E-state index in [1.807, 2.05) is 0 Å². The van der Waals surface area contributed by atoms with E-state index in [-0.39, 0.29) is 18.0 Å². The van der Waals surface area contributed by atoms with Crippen LogP contribution in [0, 0.1) is 6.92 Å². The summed E-state index contributed by atoms with van der Waals surface area (Å²) >= 11 is 0. The number of carbonyl (C=O) groups excluding carboxylic acids is 2. The van der Waals surface area contributed by atoms with Crippen molar-refractivity contribution in [2.75, 3.05) is 28.4 Å². The lowest BCUT2D eigenvalue weighted by Gasteiger charge is -2.14. The number of hydrogen-bond acceptors (Lipinski definition) is 8. The van der Waals surface area contributed by atoms with Gasteiger partial charge in [0.2, 0.25) is 11.5 Å². The summed E-state index contributed by atoms with van der Waals surface area (Å²) in [6, 6.07) is 13.8. The molecule has 0 fully saturated rings. The van der Waals surface area contributed by atoms with E-state index in [4.69, 9.17) is 28.4 Å². The van der Waals surface area contributed by atoms with Gasteiger partial charge in [-0.1, -0.05) is 12.1 Å². The number of esters is 1. The second-order valence-electron chi connectivity index (χ2n) is 7.98. The van der Waals surface area contributed by atoms with Crippen LogP contribution in [-0.4, -0.2) is 40.2 Å². The molecular formula is C28H26O8. The predicted molar refractivity (Wildman–Crippen MR) is 133 cm³/mol. The molecule has 3 aromatic rings. The summed E-state index contributed by atoms with van der Waals surface area (Å²) in [4.78, 5) is 25.6.